The van der Waals surface area contributed by atoms with Gasteiger partial charge in [-0.2, -0.15) is 0 Å². The van der Waals surface area contributed by atoms with Crippen molar-refractivity contribution in [3.63, 3.8) is 0 Å². The topological polar surface area (TPSA) is 6.48 Å². The van der Waals surface area contributed by atoms with Crippen LogP contribution in [-0.4, -0.2) is 6.71 Å². The molecule has 4 aliphatic rings. The molecule has 0 fully saturated rings. The van der Waals surface area contributed by atoms with Gasteiger partial charge in [0.15, 0.2) is 0 Å². The predicted molar refractivity (Wildman–Crippen MR) is 279 cm³/mol. The van der Waals surface area contributed by atoms with E-state index in [1.165, 1.54) is 139 Å². The van der Waals surface area contributed by atoms with Crippen LogP contribution in [0.4, 0.5) is 34.1 Å². The molecule has 2 aliphatic carbocycles. The van der Waals surface area contributed by atoms with Crippen LogP contribution in [0.15, 0.2) is 164 Å². The maximum atomic E-state index is 2.71. The fourth-order valence-corrected chi connectivity index (χ4v) is 13.6. The van der Waals surface area contributed by atoms with Gasteiger partial charge in [0.1, 0.15) is 0 Å². The van der Waals surface area contributed by atoms with Crippen LogP contribution in [0, 0.1) is 13.8 Å². The van der Waals surface area contributed by atoms with Crippen molar-refractivity contribution >= 4 is 122 Å². The molecule has 0 unspecified atom stereocenters. The third kappa shape index (κ3) is 4.70. The molecule has 11 aromatic rings. The second kappa shape index (κ2) is 13.1. The van der Waals surface area contributed by atoms with Crippen molar-refractivity contribution in [1.82, 2.24) is 0 Å². The van der Waals surface area contributed by atoms with E-state index in [2.05, 4.69) is 187 Å². The number of rotatable bonds is 2. The zero-order valence-corrected chi connectivity index (χ0v) is 36.8. The number of hydrogen-bond donors (Lipinski definition) is 0. The first-order chi connectivity index (χ1) is 32.1. The van der Waals surface area contributed by atoms with Crippen molar-refractivity contribution in [1.29, 1.82) is 0 Å². The van der Waals surface area contributed by atoms with Crippen LogP contribution in [0.3, 0.4) is 0 Å². The fourth-order valence-electron chi connectivity index (χ4n) is 13.6. The third-order valence-corrected chi connectivity index (χ3v) is 16.2. The minimum Gasteiger partial charge on any atom is -0.311 e. The number of aryl methyl sites for hydroxylation is 2. The lowest BCUT2D eigenvalue weighted by Crippen LogP contribution is -2.62. The summed E-state index contributed by atoms with van der Waals surface area (Å²) in [4.78, 5) is 5.39. The van der Waals surface area contributed by atoms with E-state index >= 15 is 0 Å². The van der Waals surface area contributed by atoms with E-state index < -0.39 is 0 Å². The van der Waals surface area contributed by atoms with Gasteiger partial charge in [-0.15, -0.1) is 0 Å². The minimum atomic E-state index is 0.102. The first-order valence-corrected chi connectivity index (χ1v) is 23.8. The molecule has 0 saturated heterocycles. The van der Waals surface area contributed by atoms with Crippen molar-refractivity contribution in [3.8, 4) is 0 Å². The Morgan fingerprint density at radius 3 is 1.34 bits per heavy atom. The quantitative estimate of drug-likeness (QED) is 0.127. The lowest BCUT2D eigenvalue weighted by atomic mass is 9.33. The SMILES string of the molecule is Cc1c2c(cc3c1N(c1ccc4c5ccccc5c5ccccc5c4c1)c1cccc4c1B3c1cc3c(c(C)c1N4c1cccc4c5ccccc5c5ccccc5c14)CCC3)CCC2. The first kappa shape index (κ1) is 36.0. The zero-order valence-electron chi connectivity index (χ0n) is 36.8. The molecule has 0 aromatic heterocycles. The molecule has 11 aromatic carbocycles. The standard InChI is InChI=1S/C62H45BN2/c1-36-41-25-11-15-38(41)33-54-61(36)64(40-31-32-50-45-19-4-3-17-43(45)44-18-6-8-23-49(44)53(50)35-40)57-29-14-30-58-60(57)63(54)55-34-39-16-12-26-42(39)37(2)62(55)65(58)56-28-13-27-52-48-21-7-5-20-46(48)47-22-9-10-24-51(47)59(52)56/h3-10,13-14,17-24,27-35H,11-12,15-16,25-26H2,1-2H3. The van der Waals surface area contributed by atoms with Gasteiger partial charge in [0.2, 0.25) is 0 Å². The molecule has 0 amide bonds. The summed E-state index contributed by atoms with van der Waals surface area (Å²) < 4.78 is 0. The van der Waals surface area contributed by atoms with Crippen LogP contribution < -0.4 is 26.2 Å². The molecule has 65 heavy (non-hydrogen) atoms. The predicted octanol–water partition coefficient (Wildman–Crippen LogP) is 14.3. The van der Waals surface area contributed by atoms with Crippen LogP contribution in [-0.2, 0) is 25.7 Å². The first-order valence-electron chi connectivity index (χ1n) is 23.8. The summed E-state index contributed by atoms with van der Waals surface area (Å²) in [5, 5.41) is 15.7. The van der Waals surface area contributed by atoms with Gasteiger partial charge in [-0.3, -0.25) is 0 Å². The van der Waals surface area contributed by atoms with E-state index in [1.54, 1.807) is 22.3 Å². The largest absolute Gasteiger partial charge is 0.311 e. The van der Waals surface area contributed by atoms with Crippen molar-refractivity contribution < 1.29 is 0 Å². The molecule has 0 spiro atoms. The molecule has 0 atom stereocenters. The maximum absolute atomic E-state index is 2.71. The Bertz CT molecular complexity index is 3870. The summed E-state index contributed by atoms with van der Waals surface area (Å²) in [5.74, 6) is 0. The average Bonchev–Trinajstić information content (AvgIpc) is 4.05. The van der Waals surface area contributed by atoms with Crippen molar-refractivity contribution in [3.05, 3.63) is 197 Å². The van der Waals surface area contributed by atoms with Gasteiger partial charge >= 0.3 is 0 Å². The fraction of sp³-hybridized carbons (Fsp3) is 0.129. The number of fused-ring (bicyclic) bond motifs is 18. The van der Waals surface area contributed by atoms with Gasteiger partial charge in [-0.1, -0.05) is 133 Å². The van der Waals surface area contributed by atoms with Gasteiger partial charge in [0, 0.05) is 33.8 Å². The number of anilines is 6. The Kier molecular flexibility index (Phi) is 7.27. The van der Waals surface area contributed by atoms with E-state index in [-0.39, 0.29) is 6.71 Å². The summed E-state index contributed by atoms with van der Waals surface area (Å²) >= 11 is 0. The van der Waals surface area contributed by atoms with Crippen LogP contribution in [0.5, 0.6) is 0 Å². The van der Waals surface area contributed by atoms with E-state index in [0.29, 0.717) is 0 Å². The molecular formula is C62H45BN2. The molecule has 2 nitrogen and oxygen atoms in total. The highest BCUT2D eigenvalue weighted by Gasteiger charge is 2.46. The summed E-state index contributed by atoms with van der Waals surface area (Å²) in [7, 11) is 0. The average molecular weight is 829 g/mol. The molecule has 306 valence electrons. The number of hydrogen-bond acceptors (Lipinski definition) is 2. The monoisotopic (exact) mass is 828 g/mol. The second-order valence-electron chi connectivity index (χ2n) is 19.3. The molecule has 0 saturated carbocycles. The Hall–Kier alpha value is -7.36. The van der Waals surface area contributed by atoms with Gasteiger partial charge in [-0.25, -0.2) is 0 Å². The normalized spacial score (nSPS) is 14.8. The van der Waals surface area contributed by atoms with Gasteiger partial charge < -0.3 is 9.80 Å². The van der Waals surface area contributed by atoms with Gasteiger partial charge in [0.05, 0.1) is 5.69 Å². The smallest absolute Gasteiger partial charge is 0.252 e. The minimum absolute atomic E-state index is 0.102. The van der Waals surface area contributed by atoms with E-state index in [0.717, 1.165) is 25.7 Å². The van der Waals surface area contributed by atoms with Crippen molar-refractivity contribution in [2.45, 2.75) is 52.4 Å². The van der Waals surface area contributed by atoms with E-state index in [4.69, 9.17) is 0 Å². The Morgan fingerprint density at radius 1 is 0.369 bits per heavy atom. The van der Waals surface area contributed by atoms with Gasteiger partial charge in [-0.05, 0) is 192 Å². The molecule has 3 heteroatoms. The molecular weight excluding hydrogens is 784 g/mol. The van der Waals surface area contributed by atoms with Crippen LogP contribution in [0.25, 0.3) is 64.6 Å². The maximum Gasteiger partial charge on any atom is 0.252 e. The molecule has 2 aliphatic heterocycles. The Balaban J connectivity index is 1.07. The molecule has 0 radical (unpaired) electrons. The highest BCUT2D eigenvalue weighted by atomic mass is 15.2. The highest BCUT2D eigenvalue weighted by Crippen LogP contribution is 2.51. The van der Waals surface area contributed by atoms with Gasteiger partial charge in [0.25, 0.3) is 6.71 Å². The molecule has 15 rings (SSSR count). The third-order valence-electron chi connectivity index (χ3n) is 16.2. The summed E-state index contributed by atoms with van der Waals surface area (Å²) in [6, 6.07) is 63.0. The van der Waals surface area contributed by atoms with E-state index in [1.807, 2.05) is 0 Å². The highest BCUT2D eigenvalue weighted by molar-refractivity contribution is 7.00. The van der Waals surface area contributed by atoms with Crippen molar-refractivity contribution in [2.75, 3.05) is 9.80 Å². The van der Waals surface area contributed by atoms with E-state index in [9.17, 15) is 0 Å². The zero-order chi connectivity index (χ0) is 42.7. The van der Waals surface area contributed by atoms with Crippen LogP contribution >= 0.6 is 0 Å². The lowest BCUT2D eigenvalue weighted by molar-refractivity contribution is 0.909. The van der Waals surface area contributed by atoms with Crippen molar-refractivity contribution in [2.24, 2.45) is 0 Å². The molecule has 0 bridgehead atoms. The lowest BCUT2D eigenvalue weighted by Gasteiger charge is -2.46. The number of benzene rings is 11. The van der Waals surface area contributed by atoms with Crippen LogP contribution in [0.2, 0.25) is 0 Å². The molecule has 0 N–H and O–H groups in total. The Labute approximate surface area is 379 Å². The summed E-state index contributed by atoms with van der Waals surface area (Å²) in [6.45, 7) is 4.98. The summed E-state index contributed by atoms with van der Waals surface area (Å²) in [5.41, 5.74) is 21.2. The number of nitrogens with zero attached hydrogens (tertiary/aromatic N) is 2. The molecule has 2 heterocycles. The van der Waals surface area contributed by atoms with Crippen LogP contribution in [0.1, 0.15) is 46.2 Å². The second-order valence-corrected chi connectivity index (χ2v) is 19.3. The summed E-state index contributed by atoms with van der Waals surface area (Å²) in [6.07, 6.45) is 7.03. The Morgan fingerprint density at radius 2 is 0.785 bits per heavy atom.